The summed E-state index contributed by atoms with van der Waals surface area (Å²) in [5, 5.41) is 110. The molecule has 16 atom stereocenters. The quantitative estimate of drug-likeness (QED) is 0.0199. The van der Waals surface area contributed by atoms with E-state index < -0.39 is 167 Å². The normalized spacial score (nSPS) is 26.8. The Hall–Kier alpha value is -4.40. The SMILES string of the molecule is CC(=O)NC1C(OCCOCCNC(=O)CN(CCCN(CC(=O)NCCOCCOC2OC(CO)C(O)C(O)C2NC(C)=O)CC(=O)NCCOCCOC2OC(CO)C(O)C(O)C2NC(C)=O)CC(=O)NCCCCCCOP(=O)([O-])OC(C)(C)C)OC(CO)C(O)C1O. The van der Waals surface area contributed by atoms with Gasteiger partial charge in [-0.1, -0.05) is 12.8 Å². The van der Waals surface area contributed by atoms with Crippen LogP contribution in [0.3, 0.4) is 0 Å². The fraction of sp³-hybridized carbons (Fsp3) is 0.877. The summed E-state index contributed by atoms with van der Waals surface area (Å²) in [5.74, 6) is -3.55. The number of nitrogens with one attached hydrogen (secondary N) is 7. The zero-order valence-electron chi connectivity index (χ0n) is 55.5. The smallest absolute Gasteiger partial charge is 0.268 e. The average Bonchev–Trinajstić information content (AvgIpc) is 0.828. The monoisotopic (exact) mass is 1410 g/mol. The lowest BCUT2D eigenvalue weighted by atomic mass is 9.97. The van der Waals surface area contributed by atoms with Crippen LogP contribution in [0.15, 0.2) is 0 Å². The molecular weight excluding hydrogens is 1310 g/mol. The lowest BCUT2D eigenvalue weighted by Gasteiger charge is -2.42. The van der Waals surface area contributed by atoms with Gasteiger partial charge in [0.25, 0.3) is 7.82 Å². The molecule has 7 amide bonds. The largest absolute Gasteiger partial charge is 0.756 e. The minimum Gasteiger partial charge on any atom is -0.756 e. The Kier molecular flexibility index (Phi) is 41.2. The van der Waals surface area contributed by atoms with Gasteiger partial charge in [-0.3, -0.25) is 47.9 Å². The van der Waals surface area contributed by atoms with Gasteiger partial charge in [0.2, 0.25) is 41.4 Å². The molecule has 3 aliphatic rings. The summed E-state index contributed by atoms with van der Waals surface area (Å²) in [5.41, 5.74) is -0.952. The first-order chi connectivity index (χ1) is 45.5. The van der Waals surface area contributed by atoms with Crippen molar-refractivity contribution in [3.63, 3.8) is 0 Å². The highest BCUT2D eigenvalue weighted by Crippen LogP contribution is 2.43. The van der Waals surface area contributed by atoms with Crippen LogP contribution in [0.1, 0.15) is 73.6 Å². The zero-order chi connectivity index (χ0) is 71.4. The van der Waals surface area contributed by atoms with Crippen LogP contribution in [-0.4, -0.2) is 346 Å². The molecule has 0 aromatic carbocycles. The van der Waals surface area contributed by atoms with Crippen LogP contribution in [0.5, 0.6) is 0 Å². The molecule has 0 spiro atoms. The Morgan fingerprint density at radius 2 is 0.750 bits per heavy atom. The van der Waals surface area contributed by atoms with Gasteiger partial charge >= 0.3 is 0 Å². The molecule has 3 fully saturated rings. The maximum absolute atomic E-state index is 13.4. The second-order valence-electron chi connectivity index (χ2n) is 23.8. The Balaban J connectivity index is 1.62. The van der Waals surface area contributed by atoms with Gasteiger partial charge in [-0.25, -0.2) is 0 Å². The number of aliphatic hydroxyl groups excluding tert-OH is 9. The number of carbonyl (C=O) groups is 7. The average molecular weight is 1410 g/mol. The lowest BCUT2D eigenvalue weighted by Crippen LogP contribution is -2.64. The van der Waals surface area contributed by atoms with E-state index in [0.29, 0.717) is 25.7 Å². The van der Waals surface area contributed by atoms with Gasteiger partial charge in [-0.05, 0) is 40.0 Å². The summed E-state index contributed by atoms with van der Waals surface area (Å²) in [4.78, 5) is 104. The number of amides is 7. The van der Waals surface area contributed by atoms with Gasteiger partial charge < -0.3 is 140 Å². The van der Waals surface area contributed by atoms with Crippen LogP contribution >= 0.6 is 7.82 Å². The number of carbonyl (C=O) groups excluding carboxylic acids is 7. The summed E-state index contributed by atoms with van der Waals surface area (Å²) in [7, 11) is -4.49. The fourth-order valence-electron chi connectivity index (χ4n) is 9.93. The molecule has 0 radical (unpaired) electrons. The Bertz CT molecular complexity index is 2260. The van der Waals surface area contributed by atoms with Gasteiger partial charge in [-0.2, -0.15) is 0 Å². The van der Waals surface area contributed by atoms with Crippen LogP contribution in [0.25, 0.3) is 0 Å². The van der Waals surface area contributed by atoms with Crippen molar-refractivity contribution >= 4 is 49.2 Å². The number of rotatable bonds is 48. The molecule has 0 bridgehead atoms. The summed E-state index contributed by atoms with van der Waals surface area (Å²) in [6, 6.07) is -3.49. The van der Waals surface area contributed by atoms with Crippen molar-refractivity contribution in [2.45, 2.75) is 171 Å². The van der Waals surface area contributed by atoms with Gasteiger partial charge in [0.05, 0.1) is 118 Å². The minimum absolute atomic E-state index is 0.00151. The summed E-state index contributed by atoms with van der Waals surface area (Å²) >= 11 is 0. The number of phosphoric acid groups is 1. The summed E-state index contributed by atoms with van der Waals surface area (Å²) < 4.78 is 72.4. The van der Waals surface area contributed by atoms with Crippen molar-refractivity contribution < 1.29 is 141 Å². The maximum atomic E-state index is 13.4. The standard InChI is InChI=1S/C57H106N9O29P/c1-35(70)62-45-51(80)48(77)38(32-67)92-54(45)88-25-22-85-19-13-59-42(74)29-65(28-41(73)58-12-9-7-8-10-18-91-96(83,84)95-57(4,5)6)16-11-17-66(30-43(75)60-14-20-86-23-26-89-55-46(63-36(2)71)52(81)49(78)39(33-68)93-55)31-44(76)61-15-21-87-24-27-90-56-47(64-37(3)72)53(82)50(79)40(34-69)94-56/h38-40,45-56,67-69,77-82H,7-34H2,1-6H3,(H,58,73)(H,59,74)(H,60,75)(H,61,76)(H,62,70)(H,63,71)(H,64,72)(H,83,84)/p-1. The first-order valence-corrected chi connectivity index (χ1v) is 33.4. The second-order valence-corrected chi connectivity index (χ2v) is 25.2. The molecule has 0 aromatic heterocycles. The number of phosphoric ester groups is 1. The van der Waals surface area contributed by atoms with E-state index in [2.05, 4.69) is 37.2 Å². The molecule has 3 heterocycles. The number of nitrogens with zero attached hydrogens (tertiary/aromatic N) is 2. The van der Waals surface area contributed by atoms with Gasteiger partial charge in [-0.15, -0.1) is 0 Å². The predicted molar refractivity (Wildman–Crippen MR) is 329 cm³/mol. The molecule has 38 nitrogen and oxygen atoms in total. The third-order valence-electron chi connectivity index (χ3n) is 14.4. The third kappa shape index (κ3) is 34.1. The zero-order valence-corrected chi connectivity index (χ0v) is 56.4. The van der Waals surface area contributed by atoms with Crippen LogP contribution in [0.4, 0.5) is 0 Å². The van der Waals surface area contributed by atoms with Crippen molar-refractivity contribution in [1.29, 1.82) is 0 Å². The van der Waals surface area contributed by atoms with E-state index in [-0.39, 0.29) is 138 Å². The summed E-state index contributed by atoms with van der Waals surface area (Å²) in [6.07, 6.45) is -14.0. The molecule has 3 rings (SSSR count). The van der Waals surface area contributed by atoms with E-state index in [9.17, 15) is 89.0 Å². The van der Waals surface area contributed by atoms with Crippen molar-refractivity contribution in [3.05, 3.63) is 0 Å². The number of aliphatic hydroxyl groups is 9. The molecule has 96 heavy (non-hydrogen) atoms. The van der Waals surface area contributed by atoms with E-state index in [1.165, 1.54) is 25.7 Å². The van der Waals surface area contributed by atoms with Gasteiger partial charge in [0.15, 0.2) is 18.9 Å². The van der Waals surface area contributed by atoms with Gasteiger partial charge in [0.1, 0.15) is 73.1 Å². The Morgan fingerprint density at radius 1 is 0.438 bits per heavy atom. The van der Waals surface area contributed by atoms with Crippen LogP contribution in [0, 0.1) is 0 Å². The van der Waals surface area contributed by atoms with E-state index in [1.54, 1.807) is 25.7 Å². The topological polar surface area (TPSA) is 534 Å². The Labute approximate surface area is 557 Å². The van der Waals surface area contributed by atoms with Crippen LogP contribution in [0.2, 0.25) is 0 Å². The molecule has 0 aromatic rings. The molecule has 558 valence electrons. The molecule has 0 saturated carbocycles. The molecule has 0 aliphatic carbocycles. The van der Waals surface area contributed by atoms with Crippen molar-refractivity contribution in [1.82, 2.24) is 47.0 Å². The first kappa shape index (κ1) is 85.8. The maximum Gasteiger partial charge on any atom is 0.268 e. The molecule has 16 N–H and O–H groups in total. The van der Waals surface area contributed by atoms with E-state index in [1.807, 2.05) is 0 Å². The third-order valence-corrected chi connectivity index (χ3v) is 15.7. The number of hydrogen-bond acceptors (Lipinski definition) is 31. The molecule has 39 heteroatoms. The van der Waals surface area contributed by atoms with E-state index in [0.717, 1.165) is 0 Å². The second kappa shape index (κ2) is 46.1. The van der Waals surface area contributed by atoms with Gasteiger partial charge in [0, 0.05) is 60.0 Å². The minimum atomic E-state index is -4.49. The molecular formula is C57H105N9O29P-. The fourth-order valence-corrected chi connectivity index (χ4v) is 11.0. The van der Waals surface area contributed by atoms with Crippen molar-refractivity contribution in [2.24, 2.45) is 0 Å². The first-order valence-electron chi connectivity index (χ1n) is 31.9. The van der Waals surface area contributed by atoms with E-state index >= 15 is 0 Å². The van der Waals surface area contributed by atoms with Crippen molar-refractivity contribution in [3.8, 4) is 0 Å². The number of ether oxygens (including phenoxy) is 9. The highest BCUT2D eigenvalue weighted by molar-refractivity contribution is 7.45. The van der Waals surface area contributed by atoms with Crippen LogP contribution in [-0.2, 0) is 89.8 Å². The Morgan fingerprint density at radius 3 is 1.05 bits per heavy atom. The predicted octanol–water partition coefficient (Wildman–Crippen LogP) is -8.76. The molecule has 3 aliphatic heterocycles. The molecule has 3 saturated heterocycles. The van der Waals surface area contributed by atoms with Crippen molar-refractivity contribution in [2.75, 3.05) is 151 Å². The van der Waals surface area contributed by atoms with E-state index in [4.69, 9.17) is 51.7 Å². The highest BCUT2D eigenvalue weighted by Gasteiger charge is 2.48. The lowest BCUT2D eigenvalue weighted by molar-refractivity contribution is -0.272. The highest BCUT2D eigenvalue weighted by atomic mass is 31.2. The van der Waals surface area contributed by atoms with Crippen LogP contribution < -0.4 is 42.1 Å². The summed E-state index contributed by atoms with van der Waals surface area (Å²) in [6.45, 7) is 5.10. The number of hydrogen-bond donors (Lipinski definition) is 16. The molecule has 16 unspecified atom stereocenters. The number of unbranched alkanes of at least 4 members (excludes halogenated alkanes) is 3.